The largest absolute Gasteiger partial charge is 0.497 e. The van der Waals surface area contributed by atoms with Gasteiger partial charge in [-0.1, -0.05) is 4.98 Å². The Balaban J connectivity index is 2.04. The van der Waals surface area contributed by atoms with E-state index in [1.165, 1.54) is 24.1 Å². The number of methoxy groups -OCH3 is 1. The number of ether oxygens (including phenoxy) is 1. The van der Waals surface area contributed by atoms with Gasteiger partial charge >= 0.3 is 11.6 Å². The maximum atomic E-state index is 12.0. The van der Waals surface area contributed by atoms with Crippen LogP contribution in [0.5, 0.6) is 5.75 Å². The van der Waals surface area contributed by atoms with Crippen LogP contribution in [0, 0.1) is 10.1 Å². The standard InChI is InChI=1S/C14H11N3O5/c1-21-11-3-2-9-6-10(13(18)22-12(9)7-11)8-16-5-4-15-14(16)17(19)20/h2-7H,8H2,1H3. The summed E-state index contributed by atoms with van der Waals surface area (Å²) in [6.07, 6.45) is 2.75. The van der Waals surface area contributed by atoms with Gasteiger partial charge in [0.1, 0.15) is 30.3 Å². The van der Waals surface area contributed by atoms with Crippen molar-refractivity contribution in [2.75, 3.05) is 7.11 Å². The third-order valence-electron chi connectivity index (χ3n) is 3.21. The lowest BCUT2D eigenvalue weighted by Crippen LogP contribution is -2.12. The highest BCUT2D eigenvalue weighted by molar-refractivity contribution is 5.78. The van der Waals surface area contributed by atoms with Gasteiger partial charge < -0.3 is 19.3 Å². The molecule has 0 N–H and O–H groups in total. The molecule has 0 bridgehead atoms. The van der Waals surface area contributed by atoms with Crippen molar-refractivity contribution in [3.8, 4) is 5.75 Å². The average Bonchev–Trinajstić information content (AvgIpc) is 2.96. The van der Waals surface area contributed by atoms with Crippen molar-refractivity contribution in [2.45, 2.75) is 6.54 Å². The number of nitrogens with zero attached hydrogens (tertiary/aromatic N) is 3. The maximum absolute atomic E-state index is 12.0. The first kappa shape index (κ1) is 13.8. The average molecular weight is 301 g/mol. The molecule has 1 aromatic carbocycles. The van der Waals surface area contributed by atoms with Crippen molar-refractivity contribution in [1.29, 1.82) is 0 Å². The summed E-state index contributed by atoms with van der Waals surface area (Å²) in [5, 5.41) is 11.6. The molecule has 0 atom stereocenters. The molecule has 3 aromatic rings. The predicted octanol–water partition coefficient (Wildman–Crippen LogP) is 1.95. The zero-order valence-electron chi connectivity index (χ0n) is 11.6. The highest BCUT2D eigenvalue weighted by Crippen LogP contribution is 2.21. The summed E-state index contributed by atoms with van der Waals surface area (Å²) >= 11 is 0. The number of rotatable bonds is 4. The van der Waals surface area contributed by atoms with Crippen molar-refractivity contribution >= 4 is 16.9 Å². The minimum absolute atomic E-state index is 0.0145. The van der Waals surface area contributed by atoms with Crippen LogP contribution in [0.4, 0.5) is 5.95 Å². The number of aromatic nitrogens is 2. The van der Waals surface area contributed by atoms with Gasteiger partial charge in [0, 0.05) is 11.5 Å². The van der Waals surface area contributed by atoms with E-state index in [9.17, 15) is 14.9 Å². The Morgan fingerprint density at radius 2 is 2.23 bits per heavy atom. The Hall–Kier alpha value is -3.16. The van der Waals surface area contributed by atoms with Crippen LogP contribution < -0.4 is 10.4 Å². The molecule has 0 amide bonds. The molecule has 0 saturated carbocycles. The van der Waals surface area contributed by atoms with Crippen molar-refractivity contribution in [3.05, 3.63) is 62.8 Å². The summed E-state index contributed by atoms with van der Waals surface area (Å²) in [4.78, 5) is 25.9. The van der Waals surface area contributed by atoms with E-state index in [0.29, 0.717) is 22.3 Å². The second-order valence-corrected chi connectivity index (χ2v) is 4.58. The zero-order chi connectivity index (χ0) is 15.7. The highest BCUT2D eigenvalue weighted by atomic mass is 16.6. The minimum atomic E-state index is -0.604. The molecule has 2 aromatic heterocycles. The summed E-state index contributed by atoms with van der Waals surface area (Å²) in [5.41, 5.74) is 0.149. The molecule has 8 nitrogen and oxygen atoms in total. The fourth-order valence-corrected chi connectivity index (χ4v) is 2.15. The fraction of sp³-hybridized carbons (Fsp3) is 0.143. The summed E-state index contributed by atoms with van der Waals surface area (Å²) in [6.45, 7) is 0.0145. The van der Waals surface area contributed by atoms with Crippen LogP contribution in [0.15, 0.2) is 45.9 Å². The molecule has 0 fully saturated rings. The van der Waals surface area contributed by atoms with Crippen LogP contribution in [-0.4, -0.2) is 21.6 Å². The number of hydrogen-bond acceptors (Lipinski definition) is 6. The van der Waals surface area contributed by atoms with E-state index in [-0.39, 0.29) is 12.5 Å². The molecule has 0 aliphatic carbocycles. The van der Waals surface area contributed by atoms with Gasteiger partial charge in [-0.25, -0.2) is 9.36 Å². The maximum Gasteiger partial charge on any atom is 0.434 e. The number of nitro groups is 1. The normalized spacial score (nSPS) is 10.8. The third-order valence-corrected chi connectivity index (χ3v) is 3.21. The van der Waals surface area contributed by atoms with E-state index in [0.717, 1.165) is 0 Å². The Kier molecular flexibility index (Phi) is 3.34. The highest BCUT2D eigenvalue weighted by Gasteiger charge is 2.16. The summed E-state index contributed by atoms with van der Waals surface area (Å²) in [5.74, 6) is 0.253. The summed E-state index contributed by atoms with van der Waals surface area (Å²) < 4.78 is 11.6. The number of imidazole rings is 1. The van der Waals surface area contributed by atoms with Crippen molar-refractivity contribution in [3.63, 3.8) is 0 Å². The molecule has 0 aliphatic heterocycles. The molecule has 0 saturated heterocycles. The van der Waals surface area contributed by atoms with E-state index in [2.05, 4.69) is 4.98 Å². The van der Waals surface area contributed by atoms with Crippen LogP contribution in [0.25, 0.3) is 11.0 Å². The van der Waals surface area contributed by atoms with Gasteiger partial charge in [-0.3, -0.25) is 0 Å². The first-order valence-electron chi connectivity index (χ1n) is 6.35. The van der Waals surface area contributed by atoms with Crippen LogP contribution in [0.1, 0.15) is 5.56 Å². The Labute approximate surface area is 123 Å². The second-order valence-electron chi connectivity index (χ2n) is 4.58. The van der Waals surface area contributed by atoms with E-state index in [4.69, 9.17) is 9.15 Å². The first-order chi connectivity index (χ1) is 10.6. The molecule has 3 rings (SSSR count). The van der Waals surface area contributed by atoms with Gasteiger partial charge in [0.05, 0.1) is 12.7 Å². The van der Waals surface area contributed by atoms with Gasteiger partial charge in [0.2, 0.25) is 0 Å². The van der Waals surface area contributed by atoms with Crippen LogP contribution in [0.2, 0.25) is 0 Å². The van der Waals surface area contributed by atoms with E-state index < -0.39 is 10.5 Å². The Morgan fingerprint density at radius 1 is 1.41 bits per heavy atom. The molecule has 0 unspecified atom stereocenters. The van der Waals surface area contributed by atoms with Crippen LogP contribution in [-0.2, 0) is 6.54 Å². The summed E-state index contributed by atoms with van der Waals surface area (Å²) in [7, 11) is 1.52. The Morgan fingerprint density at radius 3 is 2.95 bits per heavy atom. The van der Waals surface area contributed by atoms with Crippen LogP contribution >= 0.6 is 0 Å². The summed E-state index contributed by atoms with van der Waals surface area (Å²) in [6, 6.07) is 6.75. The topological polar surface area (TPSA) is 100 Å². The van der Waals surface area contributed by atoms with Gasteiger partial charge in [-0.15, -0.1) is 0 Å². The minimum Gasteiger partial charge on any atom is -0.497 e. The van der Waals surface area contributed by atoms with E-state index in [1.807, 2.05) is 0 Å². The molecule has 0 radical (unpaired) electrons. The van der Waals surface area contributed by atoms with E-state index >= 15 is 0 Å². The third kappa shape index (κ3) is 2.41. The van der Waals surface area contributed by atoms with Crippen LogP contribution in [0.3, 0.4) is 0 Å². The van der Waals surface area contributed by atoms with Crippen molar-refractivity contribution in [2.24, 2.45) is 0 Å². The molecular formula is C14H11N3O5. The second kappa shape index (κ2) is 5.32. The lowest BCUT2D eigenvalue weighted by Gasteiger charge is -2.04. The fourth-order valence-electron chi connectivity index (χ4n) is 2.15. The number of hydrogen-bond donors (Lipinski definition) is 0. The van der Waals surface area contributed by atoms with Gasteiger partial charge in [-0.2, -0.15) is 0 Å². The van der Waals surface area contributed by atoms with Gasteiger partial charge in [0.15, 0.2) is 0 Å². The van der Waals surface area contributed by atoms with Crippen molar-refractivity contribution in [1.82, 2.24) is 9.55 Å². The molecule has 8 heteroatoms. The van der Waals surface area contributed by atoms with Gasteiger partial charge in [-0.05, 0) is 23.1 Å². The molecule has 0 aliphatic rings. The number of benzene rings is 1. The SMILES string of the molecule is COc1ccc2cc(Cn3ccnc3[N+](=O)[O-])c(=O)oc2c1. The quantitative estimate of drug-likeness (QED) is 0.415. The molecule has 112 valence electrons. The molecule has 2 heterocycles. The molecular weight excluding hydrogens is 290 g/mol. The smallest absolute Gasteiger partial charge is 0.434 e. The number of fused-ring (bicyclic) bond motifs is 1. The van der Waals surface area contributed by atoms with Gasteiger partial charge in [0.25, 0.3) is 0 Å². The lowest BCUT2D eigenvalue weighted by molar-refractivity contribution is -0.396. The first-order valence-corrected chi connectivity index (χ1v) is 6.35. The Bertz CT molecular complexity index is 912. The predicted molar refractivity (Wildman–Crippen MR) is 77.0 cm³/mol. The lowest BCUT2D eigenvalue weighted by atomic mass is 10.2. The van der Waals surface area contributed by atoms with Crippen molar-refractivity contribution < 1.29 is 14.1 Å². The monoisotopic (exact) mass is 301 g/mol. The zero-order valence-corrected chi connectivity index (χ0v) is 11.6. The molecule has 22 heavy (non-hydrogen) atoms. The van der Waals surface area contributed by atoms with E-state index in [1.54, 1.807) is 24.3 Å². The molecule has 0 spiro atoms.